The van der Waals surface area contributed by atoms with Crippen molar-refractivity contribution in [1.82, 2.24) is 4.98 Å². The number of hydrogen-bond acceptors (Lipinski definition) is 4. The van der Waals surface area contributed by atoms with Gasteiger partial charge in [-0.2, -0.15) is 0 Å². The molecule has 5 nitrogen and oxygen atoms in total. The minimum absolute atomic E-state index is 0.0544. The first kappa shape index (κ1) is 12.6. The summed E-state index contributed by atoms with van der Waals surface area (Å²) in [6.07, 6.45) is 3.47. The van der Waals surface area contributed by atoms with Crippen molar-refractivity contribution in [3.8, 4) is 5.75 Å². The van der Waals surface area contributed by atoms with E-state index in [4.69, 9.17) is 5.73 Å². The molecule has 1 aliphatic heterocycles. The monoisotopic (exact) mass is 269 g/mol. The van der Waals surface area contributed by atoms with E-state index in [0.717, 1.165) is 11.3 Å². The number of fused-ring (bicyclic) bond motifs is 1. The van der Waals surface area contributed by atoms with Crippen LogP contribution in [0.4, 0.5) is 5.69 Å². The molecule has 2 aromatic rings. The molecule has 3 N–H and O–H groups in total. The number of nitrogens with two attached hydrogens (primary N) is 1. The number of aromatic hydroxyl groups is 1. The van der Waals surface area contributed by atoms with E-state index in [1.165, 1.54) is 18.5 Å². The zero-order valence-corrected chi connectivity index (χ0v) is 10.9. The molecule has 3 rings (SSSR count). The van der Waals surface area contributed by atoms with Crippen molar-refractivity contribution >= 4 is 11.6 Å². The van der Waals surface area contributed by atoms with Crippen LogP contribution < -0.4 is 10.6 Å². The van der Waals surface area contributed by atoms with Crippen LogP contribution in [0.15, 0.2) is 42.7 Å². The van der Waals surface area contributed by atoms with Gasteiger partial charge in [-0.25, -0.2) is 0 Å². The van der Waals surface area contributed by atoms with Gasteiger partial charge in [-0.05, 0) is 24.1 Å². The van der Waals surface area contributed by atoms with Crippen LogP contribution in [-0.4, -0.2) is 22.5 Å². The third kappa shape index (κ3) is 2.02. The van der Waals surface area contributed by atoms with Crippen molar-refractivity contribution in [2.45, 2.75) is 12.5 Å². The van der Waals surface area contributed by atoms with Crippen LogP contribution in [0.2, 0.25) is 0 Å². The fourth-order valence-corrected chi connectivity index (χ4v) is 2.51. The number of para-hydroxylation sites is 1. The lowest BCUT2D eigenvalue weighted by Gasteiger charge is -2.32. The molecule has 1 aromatic heterocycles. The Kier molecular flexibility index (Phi) is 3.12. The van der Waals surface area contributed by atoms with E-state index in [2.05, 4.69) is 4.98 Å². The van der Waals surface area contributed by atoms with E-state index < -0.39 is 0 Å². The number of anilines is 1. The summed E-state index contributed by atoms with van der Waals surface area (Å²) < 4.78 is 0. The predicted octanol–water partition coefficient (Wildman–Crippen LogP) is 1.84. The van der Waals surface area contributed by atoms with Crippen molar-refractivity contribution < 1.29 is 9.90 Å². The van der Waals surface area contributed by atoms with Gasteiger partial charge in [0.05, 0.1) is 11.8 Å². The van der Waals surface area contributed by atoms with Crippen LogP contribution >= 0.6 is 0 Å². The van der Waals surface area contributed by atoms with Crippen molar-refractivity contribution in [2.75, 3.05) is 11.4 Å². The zero-order chi connectivity index (χ0) is 14.1. The highest BCUT2D eigenvalue weighted by Crippen LogP contribution is 2.33. The van der Waals surface area contributed by atoms with E-state index >= 15 is 0 Å². The number of amides is 1. The normalized spacial score (nSPS) is 17.6. The summed E-state index contributed by atoms with van der Waals surface area (Å²) in [5.41, 5.74) is 8.11. The van der Waals surface area contributed by atoms with Gasteiger partial charge in [0.2, 0.25) is 0 Å². The number of hydrogen-bond donors (Lipinski definition) is 2. The molecule has 0 radical (unpaired) electrons. The Morgan fingerprint density at radius 2 is 2.15 bits per heavy atom. The van der Waals surface area contributed by atoms with E-state index in [9.17, 15) is 9.90 Å². The quantitative estimate of drug-likeness (QED) is 0.827. The maximum absolute atomic E-state index is 12.6. The van der Waals surface area contributed by atoms with E-state index in [1.54, 1.807) is 4.90 Å². The number of aromatic nitrogens is 1. The topological polar surface area (TPSA) is 79.5 Å². The molecule has 0 saturated heterocycles. The lowest BCUT2D eigenvalue weighted by molar-refractivity contribution is 0.0981. The predicted molar refractivity (Wildman–Crippen MR) is 75.6 cm³/mol. The van der Waals surface area contributed by atoms with E-state index in [-0.39, 0.29) is 23.3 Å². The number of carbonyl (C=O) groups is 1. The van der Waals surface area contributed by atoms with Crippen molar-refractivity contribution in [1.29, 1.82) is 0 Å². The highest BCUT2D eigenvalue weighted by atomic mass is 16.3. The number of nitrogens with zero attached hydrogens (tertiary/aromatic N) is 2. The summed E-state index contributed by atoms with van der Waals surface area (Å²) in [5, 5.41) is 9.78. The molecule has 0 fully saturated rings. The first-order valence-electron chi connectivity index (χ1n) is 6.48. The summed E-state index contributed by atoms with van der Waals surface area (Å²) in [6.45, 7) is 0.540. The van der Waals surface area contributed by atoms with Crippen LogP contribution in [0.3, 0.4) is 0 Å². The first-order chi connectivity index (χ1) is 9.68. The molecule has 20 heavy (non-hydrogen) atoms. The molecule has 102 valence electrons. The van der Waals surface area contributed by atoms with Gasteiger partial charge < -0.3 is 15.7 Å². The van der Waals surface area contributed by atoms with Gasteiger partial charge in [0.25, 0.3) is 5.91 Å². The van der Waals surface area contributed by atoms with E-state index in [0.29, 0.717) is 13.0 Å². The van der Waals surface area contributed by atoms with Crippen molar-refractivity contribution in [3.05, 3.63) is 53.9 Å². The Hall–Kier alpha value is -2.40. The second-order valence-corrected chi connectivity index (χ2v) is 4.80. The second-order valence-electron chi connectivity index (χ2n) is 4.80. The molecular formula is C15H15N3O2. The van der Waals surface area contributed by atoms with Gasteiger partial charge >= 0.3 is 0 Å². The molecular weight excluding hydrogens is 254 g/mol. The van der Waals surface area contributed by atoms with E-state index in [1.807, 2.05) is 24.3 Å². The van der Waals surface area contributed by atoms with Crippen molar-refractivity contribution in [2.24, 2.45) is 5.73 Å². The maximum atomic E-state index is 12.6. The standard InChI is InChI=1S/C15H15N3O2/c16-12-6-8-18(13-4-2-1-3-10(12)13)15(20)11-5-7-17-9-14(11)19/h1-5,7,9,12,19H,6,8,16H2. The number of benzene rings is 1. The summed E-state index contributed by atoms with van der Waals surface area (Å²) in [4.78, 5) is 18.0. The van der Waals surface area contributed by atoms with Gasteiger partial charge in [0, 0.05) is 24.5 Å². The lowest BCUT2D eigenvalue weighted by Crippen LogP contribution is -2.38. The summed E-state index contributed by atoms with van der Waals surface area (Å²) >= 11 is 0. The zero-order valence-electron chi connectivity index (χ0n) is 10.9. The molecule has 1 aliphatic rings. The van der Waals surface area contributed by atoms with Gasteiger partial charge in [0.1, 0.15) is 5.75 Å². The van der Waals surface area contributed by atoms with Gasteiger partial charge in [0.15, 0.2) is 0 Å². The molecule has 0 saturated carbocycles. The lowest BCUT2D eigenvalue weighted by atomic mass is 9.96. The highest BCUT2D eigenvalue weighted by Gasteiger charge is 2.28. The number of carbonyl (C=O) groups excluding carboxylic acids is 1. The smallest absolute Gasteiger partial charge is 0.262 e. The molecule has 1 atom stereocenters. The summed E-state index contributed by atoms with van der Waals surface area (Å²) in [7, 11) is 0. The van der Waals surface area contributed by atoms with Crippen molar-refractivity contribution in [3.63, 3.8) is 0 Å². The fraction of sp³-hybridized carbons (Fsp3) is 0.200. The van der Waals surface area contributed by atoms with Gasteiger partial charge in [-0.1, -0.05) is 18.2 Å². The average molecular weight is 269 g/mol. The van der Waals surface area contributed by atoms with Crippen LogP contribution in [0.5, 0.6) is 5.75 Å². The van der Waals surface area contributed by atoms with Gasteiger partial charge in [-0.15, -0.1) is 0 Å². The minimum Gasteiger partial charge on any atom is -0.505 e. The highest BCUT2D eigenvalue weighted by molar-refractivity contribution is 6.08. The van der Waals surface area contributed by atoms with Crippen LogP contribution in [0, 0.1) is 0 Å². The van der Waals surface area contributed by atoms with Crippen LogP contribution in [0.1, 0.15) is 28.4 Å². The second kappa shape index (κ2) is 4.94. The maximum Gasteiger partial charge on any atom is 0.262 e. The molecule has 1 amide bonds. The number of rotatable bonds is 1. The summed E-state index contributed by atoms with van der Waals surface area (Å²) in [6, 6.07) is 9.08. The van der Waals surface area contributed by atoms with Gasteiger partial charge in [-0.3, -0.25) is 9.78 Å². The molecule has 0 aliphatic carbocycles. The molecule has 0 spiro atoms. The number of pyridine rings is 1. The molecule has 1 unspecified atom stereocenters. The third-order valence-corrected chi connectivity index (χ3v) is 3.57. The third-order valence-electron chi connectivity index (χ3n) is 3.57. The largest absolute Gasteiger partial charge is 0.505 e. The molecule has 0 bridgehead atoms. The molecule has 5 heteroatoms. The average Bonchev–Trinajstić information content (AvgIpc) is 2.48. The molecule has 1 aromatic carbocycles. The Balaban J connectivity index is 2.02. The van der Waals surface area contributed by atoms with Crippen LogP contribution in [0.25, 0.3) is 0 Å². The van der Waals surface area contributed by atoms with Crippen LogP contribution in [-0.2, 0) is 0 Å². The first-order valence-corrected chi connectivity index (χ1v) is 6.48. The summed E-state index contributed by atoms with van der Waals surface area (Å²) in [5.74, 6) is -0.339. The molecule has 2 heterocycles. The Morgan fingerprint density at radius 1 is 1.35 bits per heavy atom. The Labute approximate surface area is 116 Å². The fourth-order valence-electron chi connectivity index (χ4n) is 2.51. The Morgan fingerprint density at radius 3 is 2.95 bits per heavy atom. The minimum atomic E-state index is -0.232. The SMILES string of the molecule is NC1CCN(C(=O)c2ccncc2O)c2ccccc21. The Bertz CT molecular complexity index is 657.